The monoisotopic (exact) mass is 283 g/mol. The Hall–Kier alpha value is -2.53. The van der Waals surface area contributed by atoms with E-state index in [-0.39, 0.29) is 0 Å². The summed E-state index contributed by atoms with van der Waals surface area (Å²) in [4.78, 5) is 0. The summed E-state index contributed by atoms with van der Waals surface area (Å²) in [6.45, 7) is 1.05. The molecule has 1 heterocycles. The molecule has 0 amide bonds. The van der Waals surface area contributed by atoms with Crippen LogP contribution in [0.5, 0.6) is 5.75 Å². The number of nitrogens with zero attached hydrogens (tertiary/aromatic N) is 2. The highest BCUT2D eigenvalue weighted by Crippen LogP contribution is 2.24. The van der Waals surface area contributed by atoms with E-state index in [0.29, 0.717) is 18.9 Å². The van der Waals surface area contributed by atoms with Crippen LogP contribution < -0.4 is 10.5 Å². The third kappa shape index (κ3) is 2.83. The average Bonchev–Trinajstić information content (AvgIpc) is 2.91. The topological polar surface area (TPSA) is 62.3 Å². The number of hydrogen-bond donors (Lipinski definition) is 1. The van der Waals surface area contributed by atoms with Gasteiger partial charge in [-0.15, -0.1) is 0 Å². The van der Waals surface area contributed by atoms with Crippen molar-refractivity contribution in [2.45, 2.75) is 0 Å². The van der Waals surface area contributed by atoms with E-state index in [0.717, 1.165) is 22.3 Å². The molecule has 0 aliphatic heterocycles. The molecular formula is C16H17N3O2. The molecule has 0 saturated carbocycles. The van der Waals surface area contributed by atoms with Gasteiger partial charge in [-0.05, 0) is 30.3 Å². The number of benzene rings is 2. The first-order valence-corrected chi connectivity index (χ1v) is 6.74. The molecule has 2 aromatic carbocycles. The van der Waals surface area contributed by atoms with Crippen LogP contribution in [-0.4, -0.2) is 30.1 Å². The first-order chi connectivity index (χ1) is 10.3. The fourth-order valence-electron chi connectivity index (χ4n) is 2.16. The number of ether oxygens (including phenoxy) is 2. The van der Waals surface area contributed by atoms with Crippen LogP contribution >= 0.6 is 0 Å². The number of nitrogens with two attached hydrogens (primary N) is 1. The lowest BCUT2D eigenvalue weighted by Gasteiger charge is -2.10. The summed E-state index contributed by atoms with van der Waals surface area (Å²) in [6, 6.07) is 13.5. The molecule has 0 fully saturated rings. The summed E-state index contributed by atoms with van der Waals surface area (Å²) < 4.78 is 12.6. The zero-order chi connectivity index (χ0) is 14.7. The standard InChI is InChI=1S/C16H17N3O2/c1-20-8-9-21-16-5-3-2-4-15(16)19-11-12-6-7-13(17)10-14(12)18-19/h2-7,10-11H,8-9,17H2,1H3. The van der Waals surface area contributed by atoms with Crippen molar-refractivity contribution in [3.8, 4) is 11.4 Å². The van der Waals surface area contributed by atoms with Crippen LogP contribution in [0, 0.1) is 0 Å². The van der Waals surface area contributed by atoms with E-state index in [1.165, 1.54) is 0 Å². The Morgan fingerprint density at radius 3 is 2.86 bits per heavy atom. The second-order valence-electron chi connectivity index (χ2n) is 4.70. The van der Waals surface area contributed by atoms with Crippen molar-refractivity contribution < 1.29 is 9.47 Å². The number of aromatic nitrogens is 2. The molecule has 3 aromatic rings. The number of rotatable bonds is 5. The lowest BCUT2D eigenvalue weighted by Crippen LogP contribution is -2.07. The number of methoxy groups -OCH3 is 1. The lowest BCUT2D eigenvalue weighted by atomic mass is 10.2. The number of para-hydroxylation sites is 2. The van der Waals surface area contributed by atoms with Crippen molar-refractivity contribution in [1.29, 1.82) is 0 Å². The Morgan fingerprint density at radius 2 is 2.00 bits per heavy atom. The SMILES string of the molecule is COCCOc1ccccc1-n1cc2ccc(N)cc2n1. The van der Waals surface area contributed by atoms with Gasteiger partial charge in [0.1, 0.15) is 18.0 Å². The highest BCUT2D eigenvalue weighted by atomic mass is 16.5. The van der Waals surface area contributed by atoms with Crippen molar-refractivity contribution in [3.63, 3.8) is 0 Å². The van der Waals surface area contributed by atoms with Gasteiger partial charge in [-0.25, -0.2) is 4.68 Å². The molecule has 0 unspecified atom stereocenters. The summed E-state index contributed by atoms with van der Waals surface area (Å²) >= 11 is 0. The van der Waals surface area contributed by atoms with E-state index in [4.69, 9.17) is 15.2 Å². The molecule has 5 heteroatoms. The first-order valence-electron chi connectivity index (χ1n) is 6.74. The van der Waals surface area contributed by atoms with Crippen LogP contribution in [0.15, 0.2) is 48.7 Å². The minimum absolute atomic E-state index is 0.501. The number of nitrogen functional groups attached to an aromatic ring is 1. The highest BCUT2D eigenvalue weighted by Gasteiger charge is 2.08. The van der Waals surface area contributed by atoms with Gasteiger partial charge in [-0.1, -0.05) is 12.1 Å². The Kier molecular flexibility index (Phi) is 3.75. The van der Waals surface area contributed by atoms with E-state index in [1.54, 1.807) is 7.11 Å². The van der Waals surface area contributed by atoms with Crippen LogP contribution in [0.4, 0.5) is 5.69 Å². The summed E-state index contributed by atoms with van der Waals surface area (Å²) in [7, 11) is 1.65. The lowest BCUT2D eigenvalue weighted by molar-refractivity contribution is 0.146. The molecule has 0 radical (unpaired) electrons. The normalized spacial score (nSPS) is 10.9. The molecule has 2 N–H and O–H groups in total. The predicted molar refractivity (Wildman–Crippen MR) is 82.9 cm³/mol. The Morgan fingerprint density at radius 1 is 1.14 bits per heavy atom. The van der Waals surface area contributed by atoms with Crippen molar-refractivity contribution >= 4 is 16.6 Å². The molecule has 0 bridgehead atoms. The van der Waals surface area contributed by atoms with Gasteiger partial charge < -0.3 is 15.2 Å². The van der Waals surface area contributed by atoms with Crippen molar-refractivity contribution in [2.75, 3.05) is 26.1 Å². The molecular weight excluding hydrogens is 266 g/mol. The molecule has 21 heavy (non-hydrogen) atoms. The predicted octanol–water partition coefficient (Wildman–Crippen LogP) is 2.63. The van der Waals surface area contributed by atoms with Gasteiger partial charge in [0.25, 0.3) is 0 Å². The molecule has 0 spiro atoms. The van der Waals surface area contributed by atoms with E-state index in [9.17, 15) is 0 Å². The summed E-state index contributed by atoms with van der Waals surface area (Å²) in [5, 5.41) is 5.60. The van der Waals surface area contributed by atoms with Crippen LogP contribution in [0.3, 0.4) is 0 Å². The second kappa shape index (κ2) is 5.85. The second-order valence-corrected chi connectivity index (χ2v) is 4.70. The minimum Gasteiger partial charge on any atom is -0.489 e. The molecule has 0 aliphatic carbocycles. The van der Waals surface area contributed by atoms with E-state index >= 15 is 0 Å². The fraction of sp³-hybridized carbons (Fsp3) is 0.188. The van der Waals surface area contributed by atoms with Gasteiger partial charge in [-0.3, -0.25) is 0 Å². The van der Waals surface area contributed by atoms with E-state index in [2.05, 4.69) is 5.10 Å². The first kappa shape index (κ1) is 13.5. The van der Waals surface area contributed by atoms with Gasteiger partial charge in [0.05, 0.1) is 12.1 Å². The van der Waals surface area contributed by atoms with Crippen molar-refractivity contribution in [1.82, 2.24) is 9.78 Å². The van der Waals surface area contributed by atoms with E-state index in [1.807, 2.05) is 53.3 Å². The smallest absolute Gasteiger partial charge is 0.145 e. The van der Waals surface area contributed by atoms with Crippen molar-refractivity contribution in [2.24, 2.45) is 0 Å². The minimum atomic E-state index is 0.501. The largest absolute Gasteiger partial charge is 0.489 e. The summed E-state index contributed by atoms with van der Waals surface area (Å²) in [6.07, 6.45) is 1.97. The average molecular weight is 283 g/mol. The molecule has 108 valence electrons. The van der Waals surface area contributed by atoms with Gasteiger partial charge in [0.2, 0.25) is 0 Å². The van der Waals surface area contributed by atoms with Gasteiger partial charge in [0.15, 0.2) is 0 Å². The fourth-order valence-corrected chi connectivity index (χ4v) is 2.16. The van der Waals surface area contributed by atoms with Gasteiger partial charge in [0, 0.05) is 24.4 Å². The van der Waals surface area contributed by atoms with Crippen LogP contribution in [0.1, 0.15) is 0 Å². The number of anilines is 1. The third-order valence-electron chi connectivity index (χ3n) is 3.19. The Labute approximate surface area is 122 Å². The highest BCUT2D eigenvalue weighted by molar-refractivity contribution is 5.81. The quantitative estimate of drug-likeness (QED) is 0.577. The zero-order valence-electron chi connectivity index (χ0n) is 11.8. The molecule has 0 saturated heterocycles. The molecule has 1 aromatic heterocycles. The maximum absolute atomic E-state index is 5.79. The number of hydrogen-bond acceptors (Lipinski definition) is 4. The maximum atomic E-state index is 5.79. The Bertz CT molecular complexity index is 752. The van der Waals surface area contributed by atoms with Crippen LogP contribution in [-0.2, 0) is 4.74 Å². The number of fused-ring (bicyclic) bond motifs is 1. The molecule has 5 nitrogen and oxygen atoms in total. The van der Waals surface area contributed by atoms with Gasteiger partial charge >= 0.3 is 0 Å². The maximum Gasteiger partial charge on any atom is 0.145 e. The van der Waals surface area contributed by atoms with Crippen LogP contribution in [0.25, 0.3) is 16.6 Å². The summed E-state index contributed by atoms with van der Waals surface area (Å²) in [5.74, 6) is 0.773. The summed E-state index contributed by atoms with van der Waals surface area (Å²) in [5.41, 5.74) is 8.26. The molecule has 0 atom stereocenters. The Balaban J connectivity index is 1.97. The zero-order valence-corrected chi connectivity index (χ0v) is 11.8. The van der Waals surface area contributed by atoms with Crippen molar-refractivity contribution in [3.05, 3.63) is 48.7 Å². The van der Waals surface area contributed by atoms with Crippen LogP contribution in [0.2, 0.25) is 0 Å². The molecule has 0 aliphatic rings. The third-order valence-corrected chi connectivity index (χ3v) is 3.19. The van der Waals surface area contributed by atoms with Gasteiger partial charge in [-0.2, -0.15) is 5.10 Å². The molecule has 3 rings (SSSR count). The van der Waals surface area contributed by atoms with E-state index < -0.39 is 0 Å².